The van der Waals surface area contributed by atoms with E-state index in [4.69, 9.17) is 14.2 Å². The second-order valence-electron chi connectivity index (χ2n) is 5.39. The molecule has 1 aromatic rings. The SMILES string of the molecule is CO[C@@H]1[C@@H](NC(=O)c2ccccc2)[C@H](O)O[C@H](CO)[C@H]1OC(C)=O. The van der Waals surface area contributed by atoms with E-state index >= 15 is 0 Å². The Bertz CT molecular complexity index is 565. The Morgan fingerprint density at radius 1 is 1.25 bits per heavy atom. The molecule has 0 radical (unpaired) electrons. The lowest BCUT2D eigenvalue weighted by molar-refractivity contribution is -0.262. The molecule has 0 aliphatic carbocycles. The van der Waals surface area contributed by atoms with Gasteiger partial charge in [-0.2, -0.15) is 0 Å². The lowest BCUT2D eigenvalue weighted by Crippen LogP contribution is -2.65. The number of amides is 1. The van der Waals surface area contributed by atoms with Gasteiger partial charge in [0.15, 0.2) is 12.4 Å². The minimum absolute atomic E-state index is 0.396. The summed E-state index contributed by atoms with van der Waals surface area (Å²) in [4.78, 5) is 23.6. The molecule has 0 aromatic heterocycles. The van der Waals surface area contributed by atoms with Crippen molar-refractivity contribution in [3.05, 3.63) is 35.9 Å². The van der Waals surface area contributed by atoms with Gasteiger partial charge in [0.2, 0.25) is 0 Å². The van der Waals surface area contributed by atoms with Gasteiger partial charge in [-0.15, -0.1) is 0 Å². The van der Waals surface area contributed by atoms with Crippen molar-refractivity contribution < 1.29 is 34.0 Å². The van der Waals surface area contributed by atoms with Crippen molar-refractivity contribution >= 4 is 11.9 Å². The summed E-state index contributed by atoms with van der Waals surface area (Å²) in [6.07, 6.45) is -4.24. The highest BCUT2D eigenvalue weighted by Gasteiger charge is 2.48. The van der Waals surface area contributed by atoms with E-state index in [0.29, 0.717) is 5.56 Å². The Morgan fingerprint density at radius 3 is 2.46 bits per heavy atom. The van der Waals surface area contributed by atoms with E-state index in [1.165, 1.54) is 14.0 Å². The highest BCUT2D eigenvalue weighted by molar-refractivity contribution is 5.94. The van der Waals surface area contributed by atoms with Crippen LogP contribution < -0.4 is 5.32 Å². The number of aliphatic hydroxyl groups excluding tert-OH is 2. The van der Waals surface area contributed by atoms with E-state index in [9.17, 15) is 19.8 Å². The molecule has 8 nitrogen and oxygen atoms in total. The molecule has 1 amide bonds. The summed E-state index contributed by atoms with van der Waals surface area (Å²) in [5.41, 5.74) is 0.396. The minimum Gasteiger partial charge on any atom is -0.457 e. The molecule has 0 saturated carbocycles. The second-order valence-corrected chi connectivity index (χ2v) is 5.39. The number of carbonyl (C=O) groups is 2. The first-order valence-corrected chi connectivity index (χ1v) is 7.48. The van der Waals surface area contributed by atoms with Gasteiger partial charge in [-0.05, 0) is 12.1 Å². The van der Waals surface area contributed by atoms with Gasteiger partial charge >= 0.3 is 5.97 Å². The van der Waals surface area contributed by atoms with E-state index in [1.54, 1.807) is 30.3 Å². The van der Waals surface area contributed by atoms with Crippen molar-refractivity contribution in [2.75, 3.05) is 13.7 Å². The molecule has 1 heterocycles. The normalized spacial score (nSPS) is 29.8. The predicted molar refractivity (Wildman–Crippen MR) is 82.0 cm³/mol. The maximum Gasteiger partial charge on any atom is 0.303 e. The molecule has 24 heavy (non-hydrogen) atoms. The molecule has 1 fully saturated rings. The maximum atomic E-state index is 12.3. The molecule has 5 atom stereocenters. The molecule has 0 bridgehead atoms. The number of ether oxygens (including phenoxy) is 3. The van der Waals surface area contributed by atoms with Crippen LogP contribution >= 0.6 is 0 Å². The molecular weight excluding hydrogens is 318 g/mol. The third-order valence-corrected chi connectivity index (χ3v) is 3.75. The predicted octanol–water partition coefficient (Wildman–Crippen LogP) is -0.559. The Balaban J connectivity index is 2.20. The molecule has 3 N–H and O–H groups in total. The summed E-state index contributed by atoms with van der Waals surface area (Å²) in [5, 5.41) is 22.2. The third-order valence-electron chi connectivity index (χ3n) is 3.75. The summed E-state index contributed by atoms with van der Waals surface area (Å²) in [5.74, 6) is -1.03. The van der Waals surface area contributed by atoms with Crippen molar-refractivity contribution in [3.63, 3.8) is 0 Å². The van der Waals surface area contributed by atoms with Gasteiger partial charge in [0.25, 0.3) is 5.91 Å². The molecule has 132 valence electrons. The number of hydrogen-bond acceptors (Lipinski definition) is 7. The van der Waals surface area contributed by atoms with Gasteiger partial charge in [-0.3, -0.25) is 9.59 Å². The Labute approximate surface area is 139 Å². The Morgan fingerprint density at radius 2 is 1.92 bits per heavy atom. The van der Waals surface area contributed by atoms with Crippen molar-refractivity contribution in [1.29, 1.82) is 0 Å². The molecule has 8 heteroatoms. The number of aliphatic hydroxyl groups is 2. The topological polar surface area (TPSA) is 114 Å². The van der Waals surface area contributed by atoms with Crippen molar-refractivity contribution in [1.82, 2.24) is 5.32 Å². The summed E-state index contributed by atoms with van der Waals surface area (Å²) >= 11 is 0. The first-order chi connectivity index (χ1) is 11.5. The van der Waals surface area contributed by atoms with Crippen molar-refractivity contribution in [2.24, 2.45) is 0 Å². The highest BCUT2D eigenvalue weighted by Crippen LogP contribution is 2.25. The average molecular weight is 339 g/mol. The smallest absolute Gasteiger partial charge is 0.303 e. The monoisotopic (exact) mass is 339 g/mol. The number of rotatable bonds is 5. The molecule has 0 spiro atoms. The number of methoxy groups -OCH3 is 1. The second kappa shape index (κ2) is 8.20. The van der Waals surface area contributed by atoms with Gasteiger partial charge in [-0.25, -0.2) is 0 Å². The maximum absolute atomic E-state index is 12.3. The van der Waals surface area contributed by atoms with Crippen molar-refractivity contribution in [2.45, 2.75) is 37.6 Å². The molecule has 0 unspecified atom stereocenters. The van der Waals surface area contributed by atoms with Crippen LogP contribution in [0.4, 0.5) is 0 Å². The molecule has 1 aromatic carbocycles. The van der Waals surface area contributed by atoms with Gasteiger partial charge in [-0.1, -0.05) is 18.2 Å². The van der Waals surface area contributed by atoms with Crippen molar-refractivity contribution in [3.8, 4) is 0 Å². The molecule has 1 aliphatic rings. The fourth-order valence-electron chi connectivity index (χ4n) is 2.66. The van der Waals surface area contributed by atoms with Crippen LogP contribution in [-0.2, 0) is 19.0 Å². The lowest BCUT2D eigenvalue weighted by Gasteiger charge is -2.43. The lowest BCUT2D eigenvalue weighted by atomic mass is 9.96. The quantitative estimate of drug-likeness (QED) is 0.616. The van der Waals surface area contributed by atoms with Gasteiger partial charge in [0.1, 0.15) is 18.2 Å². The van der Waals surface area contributed by atoms with Crippen LogP contribution in [0.15, 0.2) is 30.3 Å². The first kappa shape index (κ1) is 18.3. The van der Waals surface area contributed by atoms with Crippen LogP contribution in [0.25, 0.3) is 0 Å². The molecule has 1 saturated heterocycles. The van der Waals surface area contributed by atoms with Gasteiger partial charge < -0.3 is 29.7 Å². The van der Waals surface area contributed by atoms with Crippen LogP contribution in [0, 0.1) is 0 Å². The summed E-state index contributed by atoms with van der Waals surface area (Å²) in [6.45, 7) is 0.734. The fraction of sp³-hybridized carbons (Fsp3) is 0.500. The summed E-state index contributed by atoms with van der Waals surface area (Å²) in [6, 6.07) is 7.45. The zero-order valence-electron chi connectivity index (χ0n) is 13.4. The van der Waals surface area contributed by atoms with E-state index in [1.807, 2.05) is 0 Å². The first-order valence-electron chi connectivity index (χ1n) is 7.48. The van der Waals surface area contributed by atoms with Crippen LogP contribution in [0.2, 0.25) is 0 Å². The van der Waals surface area contributed by atoms with Crippen LogP contribution in [0.3, 0.4) is 0 Å². The van der Waals surface area contributed by atoms with E-state index in [0.717, 1.165) is 0 Å². The van der Waals surface area contributed by atoms with E-state index < -0.39 is 49.1 Å². The summed E-state index contributed by atoms with van der Waals surface area (Å²) in [7, 11) is 1.36. The summed E-state index contributed by atoms with van der Waals surface area (Å²) < 4.78 is 15.7. The molecule has 2 rings (SSSR count). The molecule has 1 aliphatic heterocycles. The number of nitrogens with one attached hydrogen (secondary N) is 1. The van der Waals surface area contributed by atoms with E-state index in [-0.39, 0.29) is 0 Å². The van der Waals surface area contributed by atoms with E-state index in [2.05, 4.69) is 5.32 Å². The standard InChI is InChI=1S/C16H21NO7/c1-9(19)23-13-11(8-18)24-16(21)12(14(13)22-2)17-15(20)10-6-4-3-5-7-10/h3-7,11-14,16,18,21H,8H2,1-2H3,(H,17,20)/t11-,12-,13-,14-,16-/m1/s1. The Hall–Kier alpha value is -2.00. The number of carbonyl (C=O) groups excluding carboxylic acids is 2. The zero-order valence-corrected chi connectivity index (χ0v) is 13.4. The van der Waals surface area contributed by atoms with Crippen LogP contribution in [-0.4, -0.2) is 66.4 Å². The van der Waals surface area contributed by atoms with Crippen LogP contribution in [0.5, 0.6) is 0 Å². The number of esters is 1. The van der Waals surface area contributed by atoms with Crippen LogP contribution in [0.1, 0.15) is 17.3 Å². The Kier molecular flexibility index (Phi) is 6.27. The van der Waals surface area contributed by atoms with Gasteiger partial charge in [0, 0.05) is 19.6 Å². The largest absolute Gasteiger partial charge is 0.457 e. The minimum atomic E-state index is -1.42. The fourth-order valence-corrected chi connectivity index (χ4v) is 2.66. The zero-order chi connectivity index (χ0) is 17.7. The number of hydrogen-bond donors (Lipinski definition) is 3. The third kappa shape index (κ3) is 4.09. The highest BCUT2D eigenvalue weighted by atomic mass is 16.7. The number of benzene rings is 1. The van der Waals surface area contributed by atoms with Gasteiger partial charge in [0.05, 0.1) is 6.61 Å². The average Bonchev–Trinajstić information content (AvgIpc) is 2.57. The molecular formula is C16H21NO7.